The van der Waals surface area contributed by atoms with Gasteiger partial charge in [0.25, 0.3) is 0 Å². The number of ether oxygens (including phenoxy) is 1. The molecule has 0 aliphatic heterocycles. The van der Waals surface area contributed by atoms with Gasteiger partial charge in [0.05, 0.1) is 11.9 Å². The van der Waals surface area contributed by atoms with Crippen LogP contribution in [0.3, 0.4) is 0 Å². The summed E-state index contributed by atoms with van der Waals surface area (Å²) in [4.78, 5) is 8.27. The highest BCUT2D eigenvalue weighted by Gasteiger charge is 2.09. The molecule has 3 rings (SSSR count). The van der Waals surface area contributed by atoms with E-state index in [2.05, 4.69) is 9.97 Å². The Kier molecular flexibility index (Phi) is 2.93. The van der Waals surface area contributed by atoms with Crippen LogP contribution in [0.15, 0.2) is 48.8 Å². The normalized spacial score (nSPS) is 10.6. The van der Waals surface area contributed by atoms with Crippen molar-refractivity contribution < 1.29 is 4.74 Å². The van der Waals surface area contributed by atoms with Gasteiger partial charge in [-0.3, -0.25) is 0 Å². The number of halogens is 1. The highest BCUT2D eigenvalue weighted by Crippen LogP contribution is 2.31. The molecule has 94 valence electrons. The summed E-state index contributed by atoms with van der Waals surface area (Å²) < 4.78 is 5.67. The van der Waals surface area contributed by atoms with E-state index < -0.39 is 0 Å². The second-order valence-corrected chi connectivity index (χ2v) is 4.40. The monoisotopic (exact) mass is 271 g/mol. The molecule has 5 heteroatoms. The molecule has 0 fully saturated rings. The van der Waals surface area contributed by atoms with Gasteiger partial charge in [-0.1, -0.05) is 29.8 Å². The van der Waals surface area contributed by atoms with Crippen LogP contribution in [0.2, 0.25) is 5.02 Å². The van der Waals surface area contributed by atoms with Crippen LogP contribution < -0.4 is 10.5 Å². The predicted octanol–water partition coefficient (Wildman–Crippen LogP) is 3.66. The molecule has 0 amide bonds. The SMILES string of the molecule is Nc1cnc(Oc2nccc3ccccc23)c(Cl)c1. The maximum absolute atomic E-state index is 6.04. The van der Waals surface area contributed by atoms with Crippen LogP contribution in [-0.2, 0) is 0 Å². The summed E-state index contributed by atoms with van der Waals surface area (Å²) in [5, 5.41) is 2.30. The molecule has 0 atom stereocenters. The quantitative estimate of drug-likeness (QED) is 0.773. The second-order valence-electron chi connectivity index (χ2n) is 3.99. The minimum atomic E-state index is 0.291. The minimum Gasteiger partial charge on any atom is -0.418 e. The van der Waals surface area contributed by atoms with E-state index in [0.29, 0.717) is 22.5 Å². The van der Waals surface area contributed by atoms with E-state index in [1.54, 1.807) is 12.3 Å². The summed E-state index contributed by atoms with van der Waals surface area (Å²) in [5.74, 6) is 0.761. The Morgan fingerprint density at radius 2 is 1.89 bits per heavy atom. The fourth-order valence-corrected chi connectivity index (χ4v) is 1.99. The van der Waals surface area contributed by atoms with Crippen molar-refractivity contribution in [3.05, 3.63) is 53.8 Å². The van der Waals surface area contributed by atoms with Gasteiger partial charge in [0.1, 0.15) is 5.02 Å². The zero-order valence-corrected chi connectivity index (χ0v) is 10.6. The standard InChI is InChI=1S/C14H10ClN3O/c15-12-7-10(16)8-18-14(12)19-13-11-4-2-1-3-9(11)5-6-17-13/h1-8H,16H2. The lowest BCUT2D eigenvalue weighted by Crippen LogP contribution is -1.94. The summed E-state index contributed by atoms with van der Waals surface area (Å²) in [6.45, 7) is 0. The van der Waals surface area contributed by atoms with Crippen molar-refractivity contribution in [1.82, 2.24) is 9.97 Å². The topological polar surface area (TPSA) is 61.0 Å². The number of benzene rings is 1. The van der Waals surface area contributed by atoms with Gasteiger partial charge in [0, 0.05) is 11.6 Å². The summed E-state index contributed by atoms with van der Waals surface area (Å²) in [7, 11) is 0. The minimum absolute atomic E-state index is 0.291. The first-order chi connectivity index (χ1) is 9.24. The molecule has 1 aromatic carbocycles. The molecular weight excluding hydrogens is 262 g/mol. The van der Waals surface area contributed by atoms with E-state index in [4.69, 9.17) is 22.1 Å². The third kappa shape index (κ3) is 2.30. The van der Waals surface area contributed by atoms with Crippen molar-refractivity contribution >= 4 is 28.1 Å². The van der Waals surface area contributed by atoms with Crippen LogP contribution in [0.5, 0.6) is 11.8 Å². The molecule has 4 nitrogen and oxygen atoms in total. The van der Waals surface area contributed by atoms with Gasteiger partial charge >= 0.3 is 0 Å². The molecule has 0 bridgehead atoms. The number of nitrogens with two attached hydrogens (primary N) is 1. The fourth-order valence-electron chi connectivity index (χ4n) is 1.78. The summed E-state index contributed by atoms with van der Waals surface area (Å²) in [5.41, 5.74) is 6.08. The highest BCUT2D eigenvalue weighted by atomic mass is 35.5. The summed E-state index contributed by atoms with van der Waals surface area (Å²) in [6.07, 6.45) is 3.18. The van der Waals surface area contributed by atoms with Crippen molar-refractivity contribution in [3.8, 4) is 11.8 Å². The molecule has 0 saturated carbocycles. The first-order valence-electron chi connectivity index (χ1n) is 5.66. The van der Waals surface area contributed by atoms with E-state index >= 15 is 0 Å². The second kappa shape index (κ2) is 4.74. The van der Waals surface area contributed by atoms with Crippen molar-refractivity contribution in [2.45, 2.75) is 0 Å². The maximum atomic E-state index is 6.04. The Balaban J connectivity index is 2.06. The zero-order chi connectivity index (χ0) is 13.2. The van der Waals surface area contributed by atoms with Crippen LogP contribution in [0.4, 0.5) is 5.69 Å². The van der Waals surface area contributed by atoms with Crippen LogP contribution in [0.25, 0.3) is 10.8 Å². The number of rotatable bonds is 2. The van der Waals surface area contributed by atoms with Gasteiger partial charge in [-0.05, 0) is 23.6 Å². The number of aromatic nitrogens is 2. The molecule has 0 radical (unpaired) electrons. The Bertz CT molecular complexity index is 740. The van der Waals surface area contributed by atoms with Crippen LogP contribution in [0, 0.1) is 0 Å². The molecule has 3 aromatic rings. The molecule has 0 spiro atoms. The van der Waals surface area contributed by atoms with Gasteiger partial charge < -0.3 is 10.5 Å². The predicted molar refractivity (Wildman–Crippen MR) is 75.5 cm³/mol. The summed E-state index contributed by atoms with van der Waals surface area (Å²) >= 11 is 6.04. The Morgan fingerprint density at radius 1 is 1.05 bits per heavy atom. The maximum Gasteiger partial charge on any atom is 0.240 e. The van der Waals surface area contributed by atoms with E-state index in [-0.39, 0.29) is 0 Å². The van der Waals surface area contributed by atoms with Gasteiger partial charge in [0.15, 0.2) is 0 Å². The molecule has 0 unspecified atom stereocenters. The fraction of sp³-hybridized carbons (Fsp3) is 0. The van der Waals surface area contributed by atoms with Gasteiger partial charge in [-0.15, -0.1) is 0 Å². The van der Waals surface area contributed by atoms with E-state index in [9.17, 15) is 0 Å². The Morgan fingerprint density at radius 3 is 2.74 bits per heavy atom. The molecule has 2 aromatic heterocycles. The average molecular weight is 272 g/mol. The summed E-state index contributed by atoms with van der Waals surface area (Å²) in [6, 6.07) is 11.3. The zero-order valence-electron chi connectivity index (χ0n) is 9.88. The molecule has 0 aliphatic rings. The lowest BCUT2D eigenvalue weighted by Gasteiger charge is -2.08. The molecule has 0 aliphatic carbocycles. The largest absolute Gasteiger partial charge is 0.418 e. The molecule has 19 heavy (non-hydrogen) atoms. The van der Waals surface area contributed by atoms with Crippen LogP contribution in [0.1, 0.15) is 0 Å². The molecular formula is C14H10ClN3O. The van der Waals surface area contributed by atoms with E-state index in [1.165, 1.54) is 6.20 Å². The smallest absolute Gasteiger partial charge is 0.240 e. The number of hydrogen-bond acceptors (Lipinski definition) is 4. The average Bonchev–Trinajstić information content (AvgIpc) is 2.42. The highest BCUT2D eigenvalue weighted by molar-refractivity contribution is 6.32. The Labute approximate surface area is 114 Å². The van der Waals surface area contributed by atoms with Gasteiger partial charge in [-0.2, -0.15) is 0 Å². The third-order valence-electron chi connectivity index (χ3n) is 2.66. The van der Waals surface area contributed by atoms with Crippen molar-refractivity contribution in [2.24, 2.45) is 0 Å². The van der Waals surface area contributed by atoms with Gasteiger partial charge in [0.2, 0.25) is 11.8 Å². The number of anilines is 1. The van der Waals surface area contributed by atoms with Crippen molar-refractivity contribution in [1.29, 1.82) is 0 Å². The number of pyridine rings is 2. The lowest BCUT2D eigenvalue weighted by atomic mass is 10.2. The number of nitrogen functional groups attached to an aromatic ring is 1. The first-order valence-corrected chi connectivity index (χ1v) is 6.04. The van der Waals surface area contributed by atoms with E-state index in [0.717, 1.165) is 10.8 Å². The third-order valence-corrected chi connectivity index (χ3v) is 2.93. The van der Waals surface area contributed by atoms with Crippen molar-refractivity contribution in [2.75, 3.05) is 5.73 Å². The van der Waals surface area contributed by atoms with Crippen LogP contribution >= 0.6 is 11.6 Å². The number of hydrogen-bond donors (Lipinski definition) is 1. The van der Waals surface area contributed by atoms with Crippen molar-refractivity contribution in [3.63, 3.8) is 0 Å². The Hall–Kier alpha value is -2.33. The van der Waals surface area contributed by atoms with E-state index in [1.807, 2.05) is 30.3 Å². The number of fused-ring (bicyclic) bond motifs is 1. The molecule has 0 saturated heterocycles. The lowest BCUT2D eigenvalue weighted by molar-refractivity contribution is 0.451. The molecule has 2 heterocycles. The van der Waals surface area contributed by atoms with Gasteiger partial charge in [-0.25, -0.2) is 9.97 Å². The first kappa shape index (κ1) is 11.7. The molecule has 2 N–H and O–H groups in total. The van der Waals surface area contributed by atoms with Crippen LogP contribution in [-0.4, -0.2) is 9.97 Å². The number of nitrogens with zero attached hydrogens (tertiary/aromatic N) is 2.